The molecule has 0 bridgehead atoms. The highest BCUT2D eigenvalue weighted by Crippen LogP contribution is 2.24. The second-order valence-corrected chi connectivity index (χ2v) is 5.61. The van der Waals surface area contributed by atoms with Crippen molar-refractivity contribution in [3.63, 3.8) is 0 Å². The number of aryl methyl sites for hydroxylation is 1. The molecule has 100 valence electrons. The summed E-state index contributed by atoms with van der Waals surface area (Å²) < 4.78 is 1.66. The fourth-order valence-corrected chi connectivity index (χ4v) is 3.05. The first-order valence-corrected chi connectivity index (χ1v) is 7.71. The summed E-state index contributed by atoms with van der Waals surface area (Å²) >= 11 is 3.45. The van der Waals surface area contributed by atoms with Crippen LogP contribution in [0.25, 0.3) is 0 Å². The number of rotatable bonds is 4. The fourth-order valence-electron chi connectivity index (χ4n) is 2.66. The van der Waals surface area contributed by atoms with Gasteiger partial charge in [-0.2, -0.15) is 5.10 Å². The first-order chi connectivity index (χ1) is 8.74. The first kappa shape index (κ1) is 13.6. The molecule has 4 nitrogen and oxygen atoms in total. The first-order valence-electron chi connectivity index (χ1n) is 6.59. The standard InChI is InChI=1S/C13H20BrN3O/c1-16-12(7-9-15-16)13(18)17(10-8-14)11-5-3-2-4-6-11/h7,9,11H,2-6,8,10H2,1H3. The summed E-state index contributed by atoms with van der Waals surface area (Å²) in [5.74, 6) is 0.112. The Bertz CT molecular complexity index is 399. The highest BCUT2D eigenvalue weighted by Gasteiger charge is 2.27. The molecule has 2 rings (SSSR count). The van der Waals surface area contributed by atoms with Gasteiger partial charge in [-0.25, -0.2) is 0 Å². The molecule has 0 N–H and O–H groups in total. The number of hydrogen-bond acceptors (Lipinski definition) is 2. The number of hydrogen-bond donors (Lipinski definition) is 0. The van der Waals surface area contributed by atoms with Crippen LogP contribution in [0, 0.1) is 0 Å². The van der Waals surface area contributed by atoms with Crippen molar-refractivity contribution in [2.24, 2.45) is 7.05 Å². The Balaban J connectivity index is 2.13. The molecular formula is C13H20BrN3O. The molecule has 0 aromatic carbocycles. The molecule has 0 aliphatic heterocycles. The summed E-state index contributed by atoms with van der Waals surface area (Å²) in [6.07, 6.45) is 7.73. The van der Waals surface area contributed by atoms with Crippen molar-refractivity contribution >= 4 is 21.8 Å². The number of carbonyl (C=O) groups excluding carboxylic acids is 1. The van der Waals surface area contributed by atoms with E-state index < -0.39 is 0 Å². The van der Waals surface area contributed by atoms with E-state index >= 15 is 0 Å². The topological polar surface area (TPSA) is 38.1 Å². The van der Waals surface area contributed by atoms with Gasteiger partial charge in [0.2, 0.25) is 0 Å². The summed E-state index contributed by atoms with van der Waals surface area (Å²) in [7, 11) is 1.82. The lowest BCUT2D eigenvalue weighted by Gasteiger charge is -2.34. The van der Waals surface area contributed by atoms with Gasteiger partial charge in [-0.3, -0.25) is 9.48 Å². The minimum atomic E-state index is 0.112. The lowest BCUT2D eigenvalue weighted by atomic mass is 9.94. The number of aromatic nitrogens is 2. The van der Waals surface area contributed by atoms with Crippen LogP contribution in [0.1, 0.15) is 42.6 Å². The Kier molecular flexibility index (Phi) is 4.80. The number of alkyl halides is 1. The predicted molar refractivity (Wildman–Crippen MR) is 74.9 cm³/mol. The monoisotopic (exact) mass is 313 g/mol. The number of amides is 1. The van der Waals surface area contributed by atoms with E-state index in [1.165, 1.54) is 19.3 Å². The van der Waals surface area contributed by atoms with Crippen LogP contribution in [0.15, 0.2) is 12.3 Å². The maximum absolute atomic E-state index is 12.6. The second-order valence-electron chi connectivity index (χ2n) is 4.82. The van der Waals surface area contributed by atoms with E-state index in [1.54, 1.807) is 16.9 Å². The highest BCUT2D eigenvalue weighted by molar-refractivity contribution is 9.09. The van der Waals surface area contributed by atoms with Crippen molar-refractivity contribution in [3.8, 4) is 0 Å². The van der Waals surface area contributed by atoms with E-state index in [1.807, 2.05) is 11.9 Å². The van der Waals surface area contributed by atoms with Crippen molar-refractivity contribution in [1.29, 1.82) is 0 Å². The van der Waals surface area contributed by atoms with Crippen LogP contribution in [0.4, 0.5) is 0 Å². The molecule has 0 saturated heterocycles. The molecule has 0 radical (unpaired) electrons. The van der Waals surface area contributed by atoms with Gasteiger partial charge >= 0.3 is 0 Å². The van der Waals surface area contributed by atoms with E-state index in [2.05, 4.69) is 21.0 Å². The van der Waals surface area contributed by atoms with Crippen LogP contribution in [0.3, 0.4) is 0 Å². The molecule has 0 unspecified atom stereocenters. The zero-order chi connectivity index (χ0) is 13.0. The quantitative estimate of drug-likeness (QED) is 0.801. The molecule has 1 aromatic rings. The van der Waals surface area contributed by atoms with Crippen molar-refractivity contribution in [2.45, 2.75) is 38.1 Å². The van der Waals surface area contributed by atoms with E-state index in [0.29, 0.717) is 11.7 Å². The minimum absolute atomic E-state index is 0.112. The van der Waals surface area contributed by atoms with Crippen LogP contribution >= 0.6 is 15.9 Å². The number of nitrogens with zero attached hydrogens (tertiary/aromatic N) is 3. The van der Waals surface area contributed by atoms with Gasteiger partial charge in [0.25, 0.3) is 5.91 Å². The Labute approximate surface area is 116 Å². The maximum Gasteiger partial charge on any atom is 0.272 e. The summed E-state index contributed by atoms with van der Waals surface area (Å²) in [4.78, 5) is 14.6. The average Bonchev–Trinajstić information content (AvgIpc) is 2.82. The summed E-state index contributed by atoms with van der Waals surface area (Å²) in [5, 5.41) is 4.91. The molecule has 0 spiro atoms. The lowest BCUT2D eigenvalue weighted by molar-refractivity contribution is 0.0640. The molecule has 18 heavy (non-hydrogen) atoms. The van der Waals surface area contributed by atoms with Crippen molar-refractivity contribution in [3.05, 3.63) is 18.0 Å². The predicted octanol–water partition coefficient (Wildman–Crippen LogP) is 2.59. The van der Waals surface area contributed by atoms with E-state index in [-0.39, 0.29) is 5.91 Å². The smallest absolute Gasteiger partial charge is 0.272 e. The highest BCUT2D eigenvalue weighted by atomic mass is 79.9. The van der Waals surface area contributed by atoms with E-state index in [9.17, 15) is 4.79 Å². The normalized spacial score (nSPS) is 16.8. The van der Waals surface area contributed by atoms with Crippen LogP contribution in [-0.4, -0.2) is 38.5 Å². The van der Waals surface area contributed by atoms with Gasteiger partial charge in [0.1, 0.15) is 5.69 Å². The summed E-state index contributed by atoms with van der Waals surface area (Å²) in [6, 6.07) is 2.20. The van der Waals surface area contributed by atoms with Crippen molar-refractivity contribution in [2.75, 3.05) is 11.9 Å². The minimum Gasteiger partial charge on any atom is -0.334 e. The van der Waals surface area contributed by atoms with Crippen molar-refractivity contribution < 1.29 is 4.79 Å². The largest absolute Gasteiger partial charge is 0.334 e. The molecule has 1 amide bonds. The Hall–Kier alpha value is -0.840. The van der Waals surface area contributed by atoms with E-state index in [0.717, 1.165) is 24.7 Å². The molecule has 1 aromatic heterocycles. The lowest BCUT2D eigenvalue weighted by Crippen LogP contribution is -2.43. The second kappa shape index (κ2) is 6.36. The number of carbonyl (C=O) groups is 1. The molecule has 1 aliphatic rings. The summed E-state index contributed by atoms with van der Waals surface area (Å²) in [5.41, 5.74) is 0.682. The third kappa shape index (κ3) is 2.94. The van der Waals surface area contributed by atoms with Crippen molar-refractivity contribution in [1.82, 2.24) is 14.7 Å². The molecule has 0 atom stereocenters. The Morgan fingerprint density at radius 1 is 1.50 bits per heavy atom. The third-order valence-corrected chi connectivity index (χ3v) is 4.00. The molecule has 1 saturated carbocycles. The Morgan fingerprint density at radius 2 is 2.22 bits per heavy atom. The SMILES string of the molecule is Cn1nccc1C(=O)N(CCBr)C1CCCCC1. The molecular weight excluding hydrogens is 294 g/mol. The van der Waals surface area contributed by atoms with Gasteiger partial charge in [-0.1, -0.05) is 35.2 Å². The number of halogens is 1. The van der Waals surface area contributed by atoms with Gasteiger partial charge in [0, 0.05) is 31.2 Å². The van der Waals surface area contributed by atoms with Crippen LogP contribution in [0.5, 0.6) is 0 Å². The molecule has 1 aliphatic carbocycles. The zero-order valence-electron chi connectivity index (χ0n) is 10.8. The van der Waals surface area contributed by atoms with Gasteiger partial charge < -0.3 is 4.90 Å². The van der Waals surface area contributed by atoms with Gasteiger partial charge in [-0.15, -0.1) is 0 Å². The van der Waals surface area contributed by atoms with E-state index in [4.69, 9.17) is 0 Å². The van der Waals surface area contributed by atoms with Gasteiger partial charge in [-0.05, 0) is 18.9 Å². The molecule has 1 heterocycles. The average molecular weight is 314 g/mol. The van der Waals surface area contributed by atoms with Crippen LogP contribution in [0.2, 0.25) is 0 Å². The summed E-state index contributed by atoms with van der Waals surface area (Å²) in [6.45, 7) is 0.773. The Morgan fingerprint density at radius 3 is 2.78 bits per heavy atom. The zero-order valence-corrected chi connectivity index (χ0v) is 12.4. The van der Waals surface area contributed by atoms with Crippen LogP contribution < -0.4 is 0 Å². The van der Waals surface area contributed by atoms with Gasteiger partial charge in [0.15, 0.2) is 0 Å². The molecule has 1 fully saturated rings. The molecule has 5 heteroatoms. The van der Waals surface area contributed by atoms with Gasteiger partial charge in [0.05, 0.1) is 0 Å². The maximum atomic E-state index is 12.6. The third-order valence-electron chi connectivity index (χ3n) is 3.64. The fraction of sp³-hybridized carbons (Fsp3) is 0.692. The van der Waals surface area contributed by atoms with Crippen LogP contribution in [-0.2, 0) is 7.05 Å².